The lowest BCUT2D eigenvalue weighted by Gasteiger charge is -2.21. The Balaban J connectivity index is 1.81. The zero-order valence-corrected chi connectivity index (χ0v) is 9.37. The van der Waals surface area contributed by atoms with E-state index in [0.717, 1.165) is 12.2 Å². The number of carboxylic acid groups (broad SMARTS) is 1. The summed E-state index contributed by atoms with van der Waals surface area (Å²) >= 11 is 1.45. The van der Waals surface area contributed by atoms with Crippen LogP contribution >= 0.6 is 11.8 Å². The van der Waals surface area contributed by atoms with Gasteiger partial charge in [-0.3, -0.25) is 0 Å². The molecule has 0 spiro atoms. The molecule has 0 saturated carbocycles. The van der Waals surface area contributed by atoms with Gasteiger partial charge in [0.05, 0.1) is 12.7 Å². The predicted octanol–water partition coefficient (Wildman–Crippen LogP) is 1.83. The Labute approximate surface area is 96.7 Å². The van der Waals surface area contributed by atoms with Crippen molar-refractivity contribution in [2.75, 3.05) is 19.2 Å². The fourth-order valence-corrected chi connectivity index (χ4v) is 2.25. The zero-order valence-electron chi connectivity index (χ0n) is 8.55. The Morgan fingerprint density at radius 3 is 3.06 bits per heavy atom. The molecule has 16 heavy (non-hydrogen) atoms. The van der Waals surface area contributed by atoms with Crippen molar-refractivity contribution in [2.24, 2.45) is 0 Å². The third-order valence-electron chi connectivity index (χ3n) is 2.17. The molecule has 1 N–H and O–H groups in total. The maximum absolute atomic E-state index is 10.6. The van der Waals surface area contributed by atoms with Gasteiger partial charge < -0.3 is 19.0 Å². The Morgan fingerprint density at radius 2 is 2.44 bits per heavy atom. The quantitative estimate of drug-likeness (QED) is 0.815. The maximum atomic E-state index is 10.6. The highest BCUT2D eigenvalue weighted by Crippen LogP contribution is 2.24. The summed E-state index contributed by atoms with van der Waals surface area (Å²) < 4.78 is 15.5. The molecular formula is C10H12O5S. The minimum Gasteiger partial charge on any atom is -0.475 e. The van der Waals surface area contributed by atoms with E-state index in [-0.39, 0.29) is 11.9 Å². The van der Waals surface area contributed by atoms with Crippen molar-refractivity contribution in [3.63, 3.8) is 0 Å². The van der Waals surface area contributed by atoms with Crippen LogP contribution in [0.25, 0.3) is 0 Å². The molecule has 1 saturated heterocycles. The number of rotatable bonds is 4. The molecule has 0 amide bonds. The van der Waals surface area contributed by atoms with E-state index in [1.807, 2.05) is 0 Å². The lowest BCUT2D eigenvalue weighted by Crippen LogP contribution is -2.25. The van der Waals surface area contributed by atoms with Crippen molar-refractivity contribution in [2.45, 2.75) is 17.6 Å². The van der Waals surface area contributed by atoms with Gasteiger partial charge in [0.2, 0.25) is 5.76 Å². The first-order valence-corrected chi connectivity index (χ1v) is 5.89. The molecule has 1 atom stereocenters. The van der Waals surface area contributed by atoms with Gasteiger partial charge in [0.15, 0.2) is 5.09 Å². The summed E-state index contributed by atoms with van der Waals surface area (Å²) in [5.74, 6) is -0.333. The van der Waals surface area contributed by atoms with Crippen molar-refractivity contribution in [3.05, 3.63) is 17.9 Å². The molecule has 1 fully saturated rings. The monoisotopic (exact) mass is 244 g/mol. The zero-order chi connectivity index (χ0) is 11.4. The van der Waals surface area contributed by atoms with Crippen LogP contribution in [0.4, 0.5) is 0 Å². The van der Waals surface area contributed by atoms with E-state index in [4.69, 9.17) is 19.0 Å². The van der Waals surface area contributed by atoms with Crippen LogP contribution in [-0.2, 0) is 9.47 Å². The van der Waals surface area contributed by atoms with Crippen LogP contribution in [0.1, 0.15) is 17.0 Å². The Bertz CT molecular complexity index is 356. The fourth-order valence-electron chi connectivity index (χ4n) is 1.32. The Morgan fingerprint density at radius 1 is 1.56 bits per heavy atom. The van der Waals surface area contributed by atoms with Crippen LogP contribution < -0.4 is 0 Å². The lowest BCUT2D eigenvalue weighted by molar-refractivity contribution is -0.130. The van der Waals surface area contributed by atoms with E-state index in [1.165, 1.54) is 17.8 Å². The van der Waals surface area contributed by atoms with Gasteiger partial charge in [-0.1, -0.05) is 11.8 Å². The second-order valence-corrected chi connectivity index (χ2v) is 4.36. The van der Waals surface area contributed by atoms with Crippen LogP contribution in [0.2, 0.25) is 0 Å². The number of thioether (sulfide) groups is 1. The molecule has 2 rings (SSSR count). The van der Waals surface area contributed by atoms with Gasteiger partial charge in [0, 0.05) is 5.75 Å². The maximum Gasteiger partial charge on any atom is 0.371 e. The first kappa shape index (κ1) is 11.5. The van der Waals surface area contributed by atoms with E-state index in [0.29, 0.717) is 18.5 Å². The van der Waals surface area contributed by atoms with Crippen LogP contribution in [0.15, 0.2) is 21.6 Å². The molecule has 6 heteroatoms. The van der Waals surface area contributed by atoms with Gasteiger partial charge in [-0.2, -0.15) is 0 Å². The van der Waals surface area contributed by atoms with Gasteiger partial charge in [-0.25, -0.2) is 4.79 Å². The second kappa shape index (κ2) is 5.38. The standard InChI is InChI=1S/C10H12O5S/c11-10(12)8-1-2-9(15-8)16-5-7-3-4-13-6-14-7/h1-2,7H,3-6H2,(H,11,12). The number of carbonyl (C=O) groups is 1. The molecular weight excluding hydrogens is 232 g/mol. The molecule has 88 valence electrons. The summed E-state index contributed by atoms with van der Waals surface area (Å²) in [6.07, 6.45) is 1.01. The Kier molecular flexibility index (Phi) is 3.87. The SMILES string of the molecule is O=C(O)c1ccc(SCC2CCOCO2)o1. The summed E-state index contributed by atoms with van der Waals surface area (Å²) in [5.41, 5.74) is 0. The van der Waals surface area contributed by atoms with Crippen LogP contribution in [0, 0.1) is 0 Å². The Hall–Kier alpha value is -0.980. The van der Waals surface area contributed by atoms with Crippen LogP contribution in [-0.4, -0.2) is 36.3 Å². The highest BCUT2D eigenvalue weighted by atomic mass is 32.2. The third kappa shape index (κ3) is 3.01. The van der Waals surface area contributed by atoms with Crippen molar-refractivity contribution in [1.82, 2.24) is 0 Å². The summed E-state index contributed by atoms with van der Waals surface area (Å²) in [7, 11) is 0. The molecule has 5 nitrogen and oxygen atoms in total. The number of ether oxygens (including phenoxy) is 2. The van der Waals surface area contributed by atoms with Gasteiger partial charge in [0.25, 0.3) is 0 Å². The lowest BCUT2D eigenvalue weighted by atomic mass is 10.3. The molecule has 1 aromatic heterocycles. The number of furan rings is 1. The van der Waals surface area contributed by atoms with Crippen LogP contribution in [0.3, 0.4) is 0 Å². The average Bonchev–Trinajstić information content (AvgIpc) is 2.76. The number of hydrogen-bond donors (Lipinski definition) is 1. The topological polar surface area (TPSA) is 68.9 Å². The number of carboxylic acids is 1. The molecule has 1 unspecified atom stereocenters. The number of hydrogen-bond acceptors (Lipinski definition) is 5. The predicted molar refractivity (Wildman–Crippen MR) is 56.7 cm³/mol. The van der Waals surface area contributed by atoms with E-state index in [1.54, 1.807) is 6.07 Å². The van der Waals surface area contributed by atoms with Crippen LogP contribution in [0.5, 0.6) is 0 Å². The van der Waals surface area contributed by atoms with Crippen molar-refractivity contribution in [3.8, 4) is 0 Å². The highest BCUT2D eigenvalue weighted by molar-refractivity contribution is 7.99. The molecule has 0 bridgehead atoms. The average molecular weight is 244 g/mol. The highest BCUT2D eigenvalue weighted by Gasteiger charge is 2.16. The van der Waals surface area contributed by atoms with Gasteiger partial charge >= 0.3 is 5.97 Å². The molecule has 1 aromatic rings. The van der Waals surface area contributed by atoms with E-state index >= 15 is 0 Å². The minimum atomic E-state index is -1.05. The summed E-state index contributed by atoms with van der Waals surface area (Å²) in [6.45, 7) is 1.05. The minimum absolute atomic E-state index is 0.0320. The summed E-state index contributed by atoms with van der Waals surface area (Å²) in [5, 5.41) is 9.28. The smallest absolute Gasteiger partial charge is 0.371 e. The summed E-state index contributed by atoms with van der Waals surface area (Å²) in [4.78, 5) is 10.6. The second-order valence-electron chi connectivity index (χ2n) is 3.34. The van der Waals surface area contributed by atoms with Crippen molar-refractivity contribution < 1.29 is 23.8 Å². The molecule has 0 aromatic carbocycles. The summed E-state index contributed by atoms with van der Waals surface area (Å²) in [6, 6.07) is 3.11. The van der Waals surface area contributed by atoms with E-state index in [2.05, 4.69) is 0 Å². The van der Waals surface area contributed by atoms with Gasteiger partial charge in [-0.15, -0.1) is 0 Å². The van der Waals surface area contributed by atoms with E-state index in [9.17, 15) is 4.79 Å². The van der Waals surface area contributed by atoms with Gasteiger partial charge in [0.1, 0.15) is 6.79 Å². The third-order valence-corrected chi connectivity index (χ3v) is 3.22. The first-order valence-electron chi connectivity index (χ1n) is 4.91. The van der Waals surface area contributed by atoms with E-state index < -0.39 is 5.97 Å². The van der Waals surface area contributed by atoms with Crippen molar-refractivity contribution >= 4 is 17.7 Å². The largest absolute Gasteiger partial charge is 0.475 e. The molecule has 0 aliphatic carbocycles. The van der Waals surface area contributed by atoms with Gasteiger partial charge in [-0.05, 0) is 18.6 Å². The fraction of sp³-hybridized carbons (Fsp3) is 0.500. The number of aromatic carboxylic acids is 1. The molecule has 2 heterocycles. The first-order chi connectivity index (χ1) is 7.75. The van der Waals surface area contributed by atoms with Crippen molar-refractivity contribution in [1.29, 1.82) is 0 Å². The molecule has 1 aliphatic heterocycles. The normalized spacial score (nSPS) is 20.9. The molecule has 1 aliphatic rings. The molecule has 0 radical (unpaired) electrons.